The van der Waals surface area contributed by atoms with E-state index in [2.05, 4.69) is 9.72 Å². The van der Waals surface area contributed by atoms with Crippen molar-refractivity contribution in [2.45, 2.75) is 19.1 Å². The molecule has 0 aromatic carbocycles. The Kier molecular flexibility index (Phi) is 5.37. The van der Waals surface area contributed by atoms with Gasteiger partial charge in [-0.3, -0.25) is 15.2 Å². The van der Waals surface area contributed by atoms with Crippen LogP contribution in [0, 0.1) is 0 Å². The van der Waals surface area contributed by atoms with E-state index in [9.17, 15) is 19.8 Å². The third-order valence-electron chi connectivity index (χ3n) is 2.32. The number of hydrogen-bond donors (Lipinski definition) is 4. The van der Waals surface area contributed by atoms with E-state index in [0.717, 1.165) is 0 Å². The van der Waals surface area contributed by atoms with Gasteiger partial charge in [0.2, 0.25) is 0 Å². The molecule has 0 radical (unpaired) electrons. The van der Waals surface area contributed by atoms with E-state index in [4.69, 9.17) is 5.84 Å². The van der Waals surface area contributed by atoms with Gasteiger partial charge in [-0.15, -0.1) is 0 Å². The number of hydrazine groups is 1. The van der Waals surface area contributed by atoms with Gasteiger partial charge in [-0.05, 0) is 13.0 Å². The summed E-state index contributed by atoms with van der Waals surface area (Å²) < 4.78 is 4.58. The predicted molar refractivity (Wildman–Crippen MR) is 63.5 cm³/mol. The lowest BCUT2D eigenvalue weighted by atomic mass is 10.0. The average Bonchev–Trinajstić information content (AvgIpc) is 2.45. The lowest BCUT2D eigenvalue weighted by molar-refractivity contribution is -0.159. The van der Waals surface area contributed by atoms with Crippen LogP contribution in [0.15, 0.2) is 18.5 Å². The Morgan fingerprint density at radius 3 is 2.74 bits per heavy atom. The first-order chi connectivity index (χ1) is 9.01. The van der Waals surface area contributed by atoms with Crippen molar-refractivity contribution in [3.8, 4) is 0 Å². The molecule has 0 saturated carbocycles. The van der Waals surface area contributed by atoms with Gasteiger partial charge in [0.15, 0.2) is 6.10 Å². The zero-order valence-corrected chi connectivity index (χ0v) is 10.2. The van der Waals surface area contributed by atoms with Crippen molar-refractivity contribution in [3.63, 3.8) is 0 Å². The number of aliphatic hydroxyl groups excluding tert-OH is 2. The second-order valence-electron chi connectivity index (χ2n) is 3.62. The molecule has 5 N–H and O–H groups in total. The highest BCUT2D eigenvalue weighted by Gasteiger charge is 2.27. The molecule has 8 nitrogen and oxygen atoms in total. The van der Waals surface area contributed by atoms with Gasteiger partial charge < -0.3 is 14.9 Å². The molecule has 0 aliphatic rings. The summed E-state index contributed by atoms with van der Waals surface area (Å²) in [6, 6.07) is 1.27. The monoisotopic (exact) mass is 269 g/mol. The minimum absolute atomic E-state index is 0.0798. The number of pyridine rings is 1. The van der Waals surface area contributed by atoms with E-state index in [0.29, 0.717) is 0 Å². The van der Waals surface area contributed by atoms with Crippen LogP contribution in [0.25, 0.3) is 0 Å². The molecule has 1 amide bonds. The molecule has 1 aromatic rings. The summed E-state index contributed by atoms with van der Waals surface area (Å²) >= 11 is 0. The van der Waals surface area contributed by atoms with Gasteiger partial charge in [-0.25, -0.2) is 10.6 Å². The maximum atomic E-state index is 11.3. The Bertz CT molecular complexity index is 465. The summed E-state index contributed by atoms with van der Waals surface area (Å²) in [6.07, 6.45) is -0.842. The molecule has 1 aromatic heterocycles. The molecule has 8 heteroatoms. The predicted octanol–water partition coefficient (Wildman–Crippen LogP) is -1.36. The minimum Gasteiger partial charge on any atom is -0.464 e. The molecule has 0 fully saturated rings. The molecule has 0 saturated heterocycles. The summed E-state index contributed by atoms with van der Waals surface area (Å²) in [5.41, 5.74) is 2.10. The van der Waals surface area contributed by atoms with Crippen LogP contribution in [0.2, 0.25) is 0 Å². The molecule has 1 rings (SSSR count). The number of aromatic nitrogens is 1. The van der Waals surface area contributed by atoms with Crippen LogP contribution < -0.4 is 11.3 Å². The Morgan fingerprint density at radius 2 is 2.16 bits per heavy atom. The van der Waals surface area contributed by atoms with Crippen LogP contribution in [0.4, 0.5) is 0 Å². The third-order valence-corrected chi connectivity index (χ3v) is 2.32. The highest BCUT2D eigenvalue weighted by molar-refractivity contribution is 5.93. The van der Waals surface area contributed by atoms with Crippen molar-refractivity contribution in [1.82, 2.24) is 10.4 Å². The fraction of sp³-hybridized carbons (Fsp3) is 0.364. The number of carbonyl (C=O) groups is 2. The Labute approximate surface area is 109 Å². The molecule has 0 bridgehead atoms. The van der Waals surface area contributed by atoms with E-state index < -0.39 is 24.1 Å². The summed E-state index contributed by atoms with van der Waals surface area (Å²) in [7, 11) is 0. The first kappa shape index (κ1) is 15.0. The lowest BCUT2D eigenvalue weighted by Gasteiger charge is -2.16. The quantitative estimate of drug-likeness (QED) is 0.224. The largest absolute Gasteiger partial charge is 0.464 e. The fourth-order valence-electron chi connectivity index (χ4n) is 1.37. The van der Waals surface area contributed by atoms with Crippen molar-refractivity contribution in [1.29, 1.82) is 0 Å². The van der Waals surface area contributed by atoms with Crippen LogP contribution in [-0.2, 0) is 9.53 Å². The van der Waals surface area contributed by atoms with Gasteiger partial charge in [-0.2, -0.15) is 0 Å². The molecule has 1 heterocycles. The van der Waals surface area contributed by atoms with E-state index in [1.165, 1.54) is 18.5 Å². The van der Waals surface area contributed by atoms with Crippen molar-refractivity contribution >= 4 is 11.9 Å². The van der Waals surface area contributed by atoms with Crippen molar-refractivity contribution in [2.75, 3.05) is 6.61 Å². The topological polar surface area (TPSA) is 135 Å². The number of aliphatic hydroxyl groups is 2. The van der Waals surface area contributed by atoms with Gasteiger partial charge in [0.1, 0.15) is 6.10 Å². The van der Waals surface area contributed by atoms with E-state index >= 15 is 0 Å². The number of nitrogens with two attached hydrogens (primary N) is 1. The smallest absolute Gasteiger partial charge is 0.338 e. The van der Waals surface area contributed by atoms with Crippen molar-refractivity contribution in [2.24, 2.45) is 5.84 Å². The second kappa shape index (κ2) is 6.78. The number of nitrogens with zero attached hydrogens (tertiary/aromatic N) is 1. The van der Waals surface area contributed by atoms with Crippen LogP contribution in [0.1, 0.15) is 28.9 Å². The maximum absolute atomic E-state index is 11.3. The van der Waals surface area contributed by atoms with E-state index in [1.54, 1.807) is 6.92 Å². The zero-order chi connectivity index (χ0) is 14.4. The summed E-state index contributed by atoms with van der Waals surface area (Å²) in [6.45, 7) is 1.65. The first-order valence-corrected chi connectivity index (χ1v) is 5.50. The molecule has 0 spiro atoms. The molecular formula is C11H15N3O5. The van der Waals surface area contributed by atoms with Crippen LogP contribution in [-0.4, -0.2) is 39.8 Å². The molecular weight excluding hydrogens is 254 g/mol. The fourth-order valence-corrected chi connectivity index (χ4v) is 1.37. The Balaban J connectivity index is 2.90. The number of rotatable bonds is 5. The summed E-state index contributed by atoms with van der Waals surface area (Å²) in [5, 5.41) is 19.4. The maximum Gasteiger partial charge on any atom is 0.338 e. The standard InChI is InChI=1S/C11H15N3O5/c1-2-19-11(18)9(16)8(15)6-3-7(5-13-4-6)10(17)14-12/h3-5,8-9,15-16H,2,12H2,1H3,(H,14,17). The Hall–Kier alpha value is -2.03. The number of esters is 1. The number of nitrogen functional groups attached to an aromatic ring is 1. The van der Waals surface area contributed by atoms with E-state index in [1.807, 2.05) is 5.43 Å². The zero-order valence-electron chi connectivity index (χ0n) is 10.2. The average molecular weight is 269 g/mol. The Morgan fingerprint density at radius 1 is 1.47 bits per heavy atom. The number of amides is 1. The van der Waals surface area contributed by atoms with Gasteiger partial charge in [0, 0.05) is 18.0 Å². The molecule has 2 atom stereocenters. The normalized spacial score (nSPS) is 13.5. The van der Waals surface area contributed by atoms with Gasteiger partial charge in [0.25, 0.3) is 5.91 Å². The van der Waals surface area contributed by atoms with E-state index in [-0.39, 0.29) is 17.7 Å². The van der Waals surface area contributed by atoms with Gasteiger partial charge in [0.05, 0.1) is 12.2 Å². The number of carbonyl (C=O) groups excluding carboxylic acids is 2. The van der Waals surface area contributed by atoms with Gasteiger partial charge in [-0.1, -0.05) is 0 Å². The molecule has 2 unspecified atom stereocenters. The number of nitrogens with one attached hydrogen (secondary N) is 1. The second-order valence-corrected chi connectivity index (χ2v) is 3.62. The molecule has 0 aliphatic carbocycles. The first-order valence-electron chi connectivity index (χ1n) is 5.50. The summed E-state index contributed by atoms with van der Waals surface area (Å²) in [4.78, 5) is 26.3. The van der Waals surface area contributed by atoms with Gasteiger partial charge >= 0.3 is 5.97 Å². The lowest BCUT2D eigenvalue weighted by Crippen LogP contribution is -2.31. The van der Waals surface area contributed by atoms with Crippen LogP contribution >= 0.6 is 0 Å². The minimum atomic E-state index is -1.75. The number of hydrogen-bond acceptors (Lipinski definition) is 7. The van der Waals surface area contributed by atoms with Crippen molar-refractivity contribution < 1.29 is 24.5 Å². The number of ether oxygens (including phenoxy) is 1. The SMILES string of the molecule is CCOC(=O)C(O)C(O)c1cncc(C(=O)NN)c1. The highest BCUT2D eigenvalue weighted by Crippen LogP contribution is 2.18. The molecule has 104 valence electrons. The summed E-state index contributed by atoms with van der Waals surface area (Å²) in [5.74, 6) is 3.41. The van der Waals surface area contributed by atoms with Crippen LogP contribution in [0.3, 0.4) is 0 Å². The highest BCUT2D eigenvalue weighted by atomic mass is 16.5. The van der Waals surface area contributed by atoms with Crippen LogP contribution in [0.5, 0.6) is 0 Å². The molecule has 0 aliphatic heterocycles. The third kappa shape index (κ3) is 3.71. The van der Waals surface area contributed by atoms with Crippen molar-refractivity contribution in [3.05, 3.63) is 29.6 Å². The molecule has 19 heavy (non-hydrogen) atoms.